The normalized spacial score (nSPS) is 17.9. The molecule has 0 radical (unpaired) electrons. The summed E-state index contributed by atoms with van der Waals surface area (Å²) in [6, 6.07) is 10.2. The maximum atomic E-state index is 13.4. The Labute approximate surface area is 215 Å². The van der Waals surface area contributed by atoms with Crippen LogP contribution in [0.4, 0.5) is 0 Å². The van der Waals surface area contributed by atoms with E-state index in [4.69, 9.17) is 42.3 Å². The SMILES string of the molecule is CC(O)=[NH+]C1c2c3cccc2C(=O)c2cccc(c21)OCCOCCOCCOCCO3.[O-][Cl+3]([O-])([O-])[O-]. The second-order valence-electron chi connectivity index (χ2n) is 7.84. The van der Waals surface area contributed by atoms with Gasteiger partial charge >= 0.3 is 5.90 Å². The fraction of sp³-hybridized carbons (Fsp3) is 0.417. The van der Waals surface area contributed by atoms with Gasteiger partial charge in [0.1, 0.15) is 24.7 Å². The Bertz CT molecular complexity index is 1010. The maximum absolute atomic E-state index is 13.4. The first-order valence-corrected chi connectivity index (χ1v) is 12.6. The summed E-state index contributed by atoms with van der Waals surface area (Å²) >= 11 is 0. The van der Waals surface area contributed by atoms with Crippen molar-refractivity contribution in [3.63, 3.8) is 0 Å². The van der Waals surface area contributed by atoms with Gasteiger partial charge in [0.15, 0.2) is 5.78 Å². The van der Waals surface area contributed by atoms with E-state index in [1.54, 1.807) is 31.2 Å². The number of hydrogen-bond donors (Lipinski definition) is 2. The first-order chi connectivity index (χ1) is 17.7. The first kappa shape index (κ1) is 28.8. The zero-order valence-electron chi connectivity index (χ0n) is 20.1. The van der Waals surface area contributed by atoms with Crippen LogP contribution in [0.15, 0.2) is 36.4 Å². The van der Waals surface area contributed by atoms with Crippen LogP contribution < -0.4 is 33.1 Å². The number of ether oxygens (including phenoxy) is 5. The molecule has 2 aliphatic rings. The Morgan fingerprint density at radius 1 is 0.784 bits per heavy atom. The smallest absolute Gasteiger partial charge is 0.329 e. The lowest BCUT2D eigenvalue weighted by Crippen LogP contribution is -2.75. The zero-order valence-corrected chi connectivity index (χ0v) is 20.9. The van der Waals surface area contributed by atoms with E-state index in [2.05, 4.69) is 4.99 Å². The minimum Gasteiger partial charge on any atom is -0.491 e. The van der Waals surface area contributed by atoms with E-state index in [0.29, 0.717) is 86.6 Å². The van der Waals surface area contributed by atoms with Gasteiger partial charge in [0.05, 0.1) is 57.7 Å². The Balaban J connectivity index is 0.000000695. The average Bonchev–Trinajstić information content (AvgIpc) is 2.82. The number of ketones is 1. The minimum atomic E-state index is -4.94. The molecule has 0 fully saturated rings. The first-order valence-electron chi connectivity index (χ1n) is 11.4. The van der Waals surface area contributed by atoms with Crippen molar-refractivity contribution in [1.29, 1.82) is 0 Å². The Morgan fingerprint density at radius 3 is 1.54 bits per heavy atom. The van der Waals surface area contributed by atoms with Gasteiger partial charge in [0.2, 0.25) is 6.04 Å². The lowest BCUT2D eigenvalue weighted by molar-refractivity contribution is -2.00. The number of aliphatic hydroxyl groups is 1. The number of nitrogens with one attached hydrogen (secondary N) is 1. The van der Waals surface area contributed by atoms with Gasteiger partial charge in [-0.3, -0.25) is 4.79 Å². The zero-order chi connectivity index (χ0) is 26.8. The van der Waals surface area contributed by atoms with Crippen molar-refractivity contribution in [1.82, 2.24) is 0 Å². The molecule has 1 aliphatic heterocycles. The predicted octanol–water partition coefficient (Wildman–Crippen LogP) is -3.56. The highest BCUT2D eigenvalue weighted by Gasteiger charge is 2.39. The maximum Gasteiger partial charge on any atom is 0.329 e. The standard InChI is InChI=1S/C24H27NO7.ClHO4/c1-16(26)25-23-21-17-4-2-6-19(21)31-14-12-29-10-8-28-9-11-30-13-15-32-20-7-3-5-18(22(20)23)24(17)27;2-1(3,4)5/h2-7,23H,8-15H2,1H3,(H,25,26);(H,2,3,4,5). The average molecular weight is 542 g/mol. The van der Waals surface area contributed by atoms with Crippen LogP contribution in [0.1, 0.15) is 40.0 Å². The molecule has 0 aromatic heterocycles. The summed E-state index contributed by atoms with van der Waals surface area (Å²) in [7, 11) is -4.94. The molecule has 2 aromatic carbocycles. The molecule has 0 saturated carbocycles. The molecule has 2 aromatic rings. The van der Waals surface area contributed by atoms with Gasteiger partial charge in [-0.15, -0.1) is 10.2 Å². The number of aliphatic hydroxyl groups excluding tert-OH is 1. The number of rotatable bonds is 1. The highest BCUT2D eigenvalue weighted by Crippen LogP contribution is 2.42. The fourth-order valence-electron chi connectivity index (χ4n) is 3.94. The Kier molecular flexibility index (Phi) is 10.6. The van der Waals surface area contributed by atoms with Gasteiger partial charge in [-0.2, -0.15) is 0 Å². The molecule has 2 N–H and O–H groups in total. The van der Waals surface area contributed by atoms with Crippen molar-refractivity contribution in [2.24, 2.45) is 0 Å². The molecule has 4 rings (SSSR count). The van der Waals surface area contributed by atoms with E-state index >= 15 is 0 Å². The molecule has 1 heterocycles. The van der Waals surface area contributed by atoms with Gasteiger partial charge in [-0.25, -0.2) is 23.6 Å². The molecular formula is C24H28ClNO11. The molecule has 12 nitrogen and oxygen atoms in total. The number of carbonyl (C=O) groups is 1. The summed E-state index contributed by atoms with van der Waals surface area (Å²) in [6.07, 6.45) is 0. The van der Waals surface area contributed by atoms with Crippen LogP contribution in [0.5, 0.6) is 11.5 Å². The van der Waals surface area contributed by atoms with Crippen molar-refractivity contribution in [3.05, 3.63) is 58.7 Å². The number of carbonyl (C=O) groups excluding carboxylic acids is 1. The van der Waals surface area contributed by atoms with Crippen molar-refractivity contribution in [2.45, 2.75) is 13.0 Å². The van der Waals surface area contributed by atoms with Crippen molar-refractivity contribution in [2.75, 3.05) is 52.9 Å². The van der Waals surface area contributed by atoms with E-state index in [0.717, 1.165) is 0 Å². The summed E-state index contributed by atoms with van der Waals surface area (Å²) in [5.74, 6) is 1.02. The lowest BCUT2D eigenvalue weighted by atomic mass is 9.80. The predicted molar refractivity (Wildman–Crippen MR) is 116 cm³/mol. The van der Waals surface area contributed by atoms with Crippen LogP contribution >= 0.6 is 0 Å². The van der Waals surface area contributed by atoms with E-state index in [9.17, 15) is 9.90 Å². The third-order valence-corrected chi connectivity index (χ3v) is 5.27. The van der Waals surface area contributed by atoms with E-state index in [1.807, 2.05) is 12.1 Å². The molecule has 37 heavy (non-hydrogen) atoms. The molecular weight excluding hydrogens is 514 g/mol. The van der Waals surface area contributed by atoms with Crippen LogP contribution in [0.3, 0.4) is 0 Å². The summed E-state index contributed by atoms with van der Waals surface area (Å²) in [5.41, 5.74) is 2.38. The molecule has 0 atom stereocenters. The van der Waals surface area contributed by atoms with Crippen LogP contribution in [0, 0.1) is 10.2 Å². The molecule has 0 unspecified atom stereocenters. The minimum absolute atomic E-state index is 0.0275. The lowest BCUT2D eigenvalue weighted by Gasteiger charge is -2.25. The molecule has 1 aliphatic carbocycles. The summed E-state index contributed by atoms with van der Waals surface area (Å²) in [6.45, 7) is 4.81. The van der Waals surface area contributed by atoms with Crippen molar-refractivity contribution < 1.29 is 67.5 Å². The monoisotopic (exact) mass is 541 g/mol. The third-order valence-electron chi connectivity index (χ3n) is 5.27. The molecule has 13 heteroatoms. The highest BCUT2D eigenvalue weighted by molar-refractivity contribution is 6.13. The van der Waals surface area contributed by atoms with Crippen molar-refractivity contribution >= 4 is 11.7 Å². The third kappa shape index (κ3) is 8.62. The van der Waals surface area contributed by atoms with E-state index in [1.165, 1.54) is 0 Å². The van der Waals surface area contributed by atoms with Crippen LogP contribution in [0.2, 0.25) is 0 Å². The Hall–Kier alpha value is -2.81. The quantitative estimate of drug-likeness (QED) is 0.268. The number of benzene rings is 2. The molecule has 2 bridgehead atoms. The largest absolute Gasteiger partial charge is 0.491 e. The van der Waals surface area contributed by atoms with E-state index in [-0.39, 0.29) is 11.7 Å². The van der Waals surface area contributed by atoms with Gasteiger partial charge in [0.25, 0.3) is 0 Å². The van der Waals surface area contributed by atoms with Crippen LogP contribution in [-0.4, -0.2) is 69.6 Å². The fourth-order valence-corrected chi connectivity index (χ4v) is 3.94. The van der Waals surface area contributed by atoms with Gasteiger partial charge < -0.3 is 28.8 Å². The molecule has 0 saturated heterocycles. The Morgan fingerprint density at radius 2 is 1.16 bits per heavy atom. The van der Waals surface area contributed by atoms with Gasteiger partial charge in [-0.05, 0) is 12.1 Å². The van der Waals surface area contributed by atoms with Crippen LogP contribution in [0.25, 0.3) is 0 Å². The number of hydrogen-bond acceptors (Lipinski definition) is 10. The second-order valence-corrected chi connectivity index (χ2v) is 8.59. The molecule has 0 amide bonds. The van der Waals surface area contributed by atoms with Crippen LogP contribution in [-0.2, 0) is 14.2 Å². The second kappa shape index (κ2) is 13.7. The topological polar surface area (TPSA) is 190 Å². The van der Waals surface area contributed by atoms with Crippen molar-refractivity contribution in [3.8, 4) is 11.5 Å². The molecule has 202 valence electrons. The summed E-state index contributed by atoms with van der Waals surface area (Å²) in [5, 5.41) is 10.1. The van der Waals surface area contributed by atoms with Gasteiger partial charge in [0, 0.05) is 11.1 Å². The van der Waals surface area contributed by atoms with E-state index < -0.39 is 16.3 Å². The summed E-state index contributed by atoms with van der Waals surface area (Å²) < 4.78 is 62.6. The summed E-state index contributed by atoms with van der Waals surface area (Å²) in [4.78, 5) is 16.5. The number of halogens is 1. The molecule has 0 spiro atoms. The van der Waals surface area contributed by atoms with Gasteiger partial charge in [-0.1, -0.05) is 24.3 Å². The highest BCUT2D eigenvalue weighted by atomic mass is 35.7.